The summed E-state index contributed by atoms with van der Waals surface area (Å²) < 4.78 is 28.2. The van der Waals surface area contributed by atoms with Gasteiger partial charge in [0, 0.05) is 10.8 Å². The van der Waals surface area contributed by atoms with Crippen LogP contribution in [-0.2, 0) is 22.3 Å². The molecular formula is C19H21ClN4O2S2. The first-order chi connectivity index (χ1) is 13.4. The molecule has 0 amide bonds. The molecule has 3 aromatic rings. The Morgan fingerprint density at radius 3 is 2.61 bits per heavy atom. The molecule has 0 radical (unpaired) electrons. The molecule has 0 saturated heterocycles. The highest BCUT2D eigenvalue weighted by Crippen LogP contribution is 2.28. The van der Waals surface area contributed by atoms with Crippen LogP contribution in [0.4, 0.5) is 0 Å². The van der Waals surface area contributed by atoms with Gasteiger partial charge in [-0.25, -0.2) is 13.1 Å². The molecule has 1 heterocycles. The molecule has 9 heteroatoms. The standard InChI is InChI=1S/C19H21ClN4O2S2/c1-3-28(25,26)21-12-18-22-23-19(27-13-15-7-5-4-6-8-15)24(18)17-11-16(20)10-9-14(17)2/h4-11,21H,3,12-13H2,1-2H3. The number of sulfonamides is 1. The van der Waals surface area contributed by atoms with Gasteiger partial charge >= 0.3 is 0 Å². The van der Waals surface area contributed by atoms with Crippen LogP contribution in [0.5, 0.6) is 0 Å². The Hall–Kier alpha value is -1.87. The zero-order valence-corrected chi connectivity index (χ0v) is 18.0. The number of rotatable bonds is 8. The molecule has 0 aliphatic carbocycles. The molecule has 1 N–H and O–H groups in total. The largest absolute Gasteiger partial charge is 0.273 e. The molecule has 0 spiro atoms. The van der Waals surface area contributed by atoms with Gasteiger partial charge in [0.2, 0.25) is 10.0 Å². The highest BCUT2D eigenvalue weighted by atomic mass is 35.5. The number of aryl methyl sites for hydroxylation is 1. The lowest BCUT2D eigenvalue weighted by Crippen LogP contribution is -2.26. The number of hydrogen-bond donors (Lipinski definition) is 1. The monoisotopic (exact) mass is 436 g/mol. The maximum absolute atomic E-state index is 11.9. The van der Waals surface area contributed by atoms with Crippen molar-refractivity contribution in [3.05, 3.63) is 70.5 Å². The normalized spacial score (nSPS) is 11.7. The summed E-state index contributed by atoms with van der Waals surface area (Å²) in [5.41, 5.74) is 2.99. The van der Waals surface area contributed by atoms with E-state index >= 15 is 0 Å². The average Bonchev–Trinajstić information content (AvgIpc) is 3.10. The molecule has 0 saturated carbocycles. The number of hydrogen-bond acceptors (Lipinski definition) is 5. The van der Waals surface area contributed by atoms with Gasteiger partial charge in [-0.05, 0) is 37.1 Å². The summed E-state index contributed by atoms with van der Waals surface area (Å²) in [7, 11) is -3.34. The smallest absolute Gasteiger partial charge is 0.211 e. The van der Waals surface area contributed by atoms with Gasteiger partial charge in [-0.3, -0.25) is 4.57 Å². The molecule has 1 aromatic heterocycles. The maximum Gasteiger partial charge on any atom is 0.211 e. The van der Waals surface area contributed by atoms with Crippen molar-refractivity contribution < 1.29 is 8.42 Å². The van der Waals surface area contributed by atoms with Crippen molar-refractivity contribution in [2.45, 2.75) is 31.3 Å². The highest BCUT2D eigenvalue weighted by Gasteiger charge is 2.18. The minimum atomic E-state index is -3.34. The van der Waals surface area contributed by atoms with Crippen molar-refractivity contribution in [1.29, 1.82) is 0 Å². The van der Waals surface area contributed by atoms with Crippen LogP contribution in [-0.4, -0.2) is 28.9 Å². The van der Waals surface area contributed by atoms with Crippen molar-refractivity contribution in [2.24, 2.45) is 0 Å². The SMILES string of the molecule is CCS(=O)(=O)NCc1nnc(SCc2ccccc2)n1-c1cc(Cl)ccc1C. The second-order valence-electron chi connectivity index (χ2n) is 6.16. The predicted octanol–water partition coefficient (Wildman–Crippen LogP) is 3.96. The van der Waals surface area contributed by atoms with Gasteiger partial charge in [0.15, 0.2) is 11.0 Å². The van der Waals surface area contributed by atoms with E-state index < -0.39 is 10.0 Å². The third-order valence-electron chi connectivity index (χ3n) is 4.15. The first kappa shape index (κ1) is 20.9. The Morgan fingerprint density at radius 1 is 1.14 bits per heavy atom. The second kappa shape index (κ2) is 9.09. The summed E-state index contributed by atoms with van der Waals surface area (Å²) in [5, 5.41) is 9.81. The fraction of sp³-hybridized carbons (Fsp3) is 0.263. The van der Waals surface area contributed by atoms with Crippen LogP contribution in [0.2, 0.25) is 5.02 Å². The maximum atomic E-state index is 11.9. The molecule has 0 aliphatic rings. The number of nitrogens with one attached hydrogen (secondary N) is 1. The molecule has 3 rings (SSSR count). The molecule has 0 fully saturated rings. The lowest BCUT2D eigenvalue weighted by Gasteiger charge is -2.14. The first-order valence-electron chi connectivity index (χ1n) is 8.74. The molecule has 6 nitrogen and oxygen atoms in total. The van der Waals surface area contributed by atoms with Crippen LogP contribution in [0, 0.1) is 6.92 Å². The molecule has 0 aliphatic heterocycles. The van der Waals surface area contributed by atoms with Crippen molar-refractivity contribution in [3.63, 3.8) is 0 Å². The summed E-state index contributed by atoms with van der Waals surface area (Å²) in [5.74, 6) is 1.24. The third kappa shape index (κ3) is 5.14. The molecule has 0 atom stereocenters. The van der Waals surface area contributed by atoms with Gasteiger partial charge in [-0.15, -0.1) is 10.2 Å². The van der Waals surface area contributed by atoms with Gasteiger partial charge in [0.25, 0.3) is 0 Å². The van der Waals surface area contributed by atoms with Crippen LogP contribution in [0.1, 0.15) is 23.9 Å². The van der Waals surface area contributed by atoms with Crippen molar-refractivity contribution in [3.8, 4) is 5.69 Å². The Bertz CT molecular complexity index is 1050. The van der Waals surface area contributed by atoms with Gasteiger partial charge < -0.3 is 0 Å². The van der Waals surface area contributed by atoms with Gasteiger partial charge in [0.1, 0.15) is 0 Å². The number of thioether (sulfide) groups is 1. The molecule has 0 unspecified atom stereocenters. The average molecular weight is 437 g/mol. The van der Waals surface area contributed by atoms with Gasteiger partial charge in [-0.2, -0.15) is 0 Å². The quantitative estimate of drug-likeness (QED) is 0.541. The van der Waals surface area contributed by atoms with E-state index in [1.54, 1.807) is 6.92 Å². The zero-order chi connectivity index (χ0) is 20.1. The van der Waals surface area contributed by atoms with E-state index in [0.717, 1.165) is 22.6 Å². The van der Waals surface area contributed by atoms with Crippen molar-refractivity contribution >= 4 is 33.4 Å². The van der Waals surface area contributed by atoms with Gasteiger partial charge in [0.05, 0.1) is 18.0 Å². The fourth-order valence-electron chi connectivity index (χ4n) is 2.57. The number of nitrogens with zero attached hydrogens (tertiary/aromatic N) is 3. The summed E-state index contributed by atoms with van der Waals surface area (Å²) in [4.78, 5) is 0. The van der Waals surface area contributed by atoms with Crippen LogP contribution >= 0.6 is 23.4 Å². The van der Waals surface area contributed by atoms with E-state index in [4.69, 9.17) is 11.6 Å². The van der Waals surface area contributed by atoms with E-state index in [1.165, 1.54) is 11.8 Å². The van der Waals surface area contributed by atoms with Crippen LogP contribution in [0.3, 0.4) is 0 Å². The van der Waals surface area contributed by atoms with Crippen LogP contribution in [0.15, 0.2) is 53.7 Å². The molecule has 2 aromatic carbocycles. The molecule has 0 bridgehead atoms. The highest BCUT2D eigenvalue weighted by molar-refractivity contribution is 7.98. The second-order valence-corrected chi connectivity index (χ2v) is 9.64. The molecule has 28 heavy (non-hydrogen) atoms. The number of benzene rings is 2. The Morgan fingerprint density at radius 2 is 1.89 bits per heavy atom. The van der Waals surface area contributed by atoms with Gasteiger partial charge in [-0.1, -0.05) is 59.8 Å². The topological polar surface area (TPSA) is 76.9 Å². The van der Waals surface area contributed by atoms with E-state index in [-0.39, 0.29) is 12.3 Å². The van der Waals surface area contributed by atoms with Crippen molar-refractivity contribution in [1.82, 2.24) is 19.5 Å². The van der Waals surface area contributed by atoms with E-state index in [0.29, 0.717) is 16.0 Å². The lowest BCUT2D eigenvalue weighted by atomic mass is 10.2. The molecule has 148 valence electrons. The molecular weight excluding hydrogens is 416 g/mol. The Labute approximate surface area is 174 Å². The Balaban J connectivity index is 1.96. The number of aromatic nitrogens is 3. The summed E-state index contributed by atoms with van der Waals surface area (Å²) in [6.45, 7) is 3.62. The Kier molecular flexibility index (Phi) is 6.77. The van der Waals surface area contributed by atoms with Crippen LogP contribution < -0.4 is 4.72 Å². The van der Waals surface area contributed by atoms with Crippen molar-refractivity contribution in [2.75, 3.05) is 5.75 Å². The number of halogens is 1. The lowest BCUT2D eigenvalue weighted by molar-refractivity contribution is 0.579. The minimum absolute atomic E-state index is 0.00689. The van der Waals surface area contributed by atoms with E-state index in [2.05, 4.69) is 27.1 Å². The zero-order valence-electron chi connectivity index (χ0n) is 15.6. The first-order valence-corrected chi connectivity index (χ1v) is 11.8. The predicted molar refractivity (Wildman–Crippen MR) is 113 cm³/mol. The fourth-order valence-corrected chi connectivity index (χ4v) is 4.21. The summed E-state index contributed by atoms with van der Waals surface area (Å²) >= 11 is 7.75. The minimum Gasteiger partial charge on any atom is -0.273 e. The summed E-state index contributed by atoms with van der Waals surface area (Å²) in [6, 6.07) is 15.6. The third-order valence-corrected chi connectivity index (χ3v) is 6.73. The van der Waals surface area contributed by atoms with E-state index in [1.807, 2.05) is 47.9 Å². The van der Waals surface area contributed by atoms with E-state index in [9.17, 15) is 8.42 Å². The summed E-state index contributed by atoms with van der Waals surface area (Å²) in [6.07, 6.45) is 0. The van der Waals surface area contributed by atoms with Crippen LogP contribution in [0.25, 0.3) is 5.69 Å².